The number of halogens is 1. The van der Waals surface area contributed by atoms with Gasteiger partial charge in [0.05, 0.1) is 0 Å². The molecule has 0 bridgehead atoms. The monoisotopic (exact) mass is 396 g/mol. The van der Waals surface area contributed by atoms with Crippen molar-refractivity contribution in [2.24, 2.45) is 0 Å². The number of piperidine rings is 1. The number of hydrogen-bond donors (Lipinski definition) is 1. The molecule has 1 aromatic carbocycles. The Balaban J connectivity index is 1.95. The number of rotatable bonds is 3. The zero-order valence-corrected chi connectivity index (χ0v) is 17.0. The maximum atomic E-state index is 12.0. The van der Waals surface area contributed by atoms with Gasteiger partial charge in [0, 0.05) is 23.6 Å². The van der Waals surface area contributed by atoms with Crippen LogP contribution >= 0.6 is 15.9 Å². The second-order valence-corrected chi connectivity index (χ2v) is 8.65. The van der Waals surface area contributed by atoms with Crippen molar-refractivity contribution in [2.75, 3.05) is 13.1 Å². The molecule has 1 aromatic rings. The molecule has 1 unspecified atom stereocenters. The number of amides is 1. The molecule has 24 heavy (non-hydrogen) atoms. The topological polar surface area (TPSA) is 41.6 Å². The maximum absolute atomic E-state index is 12.0. The maximum Gasteiger partial charge on any atom is 0.407 e. The summed E-state index contributed by atoms with van der Waals surface area (Å²) in [5, 5.41) is 3.02. The summed E-state index contributed by atoms with van der Waals surface area (Å²) in [4.78, 5) is 14.4. The minimum Gasteiger partial charge on any atom is -0.444 e. The highest BCUT2D eigenvalue weighted by Gasteiger charge is 2.24. The van der Waals surface area contributed by atoms with E-state index in [0.717, 1.165) is 36.9 Å². The lowest BCUT2D eigenvalue weighted by Crippen LogP contribution is -2.48. The Hall–Kier alpha value is -1.07. The van der Waals surface area contributed by atoms with Crippen molar-refractivity contribution in [3.63, 3.8) is 0 Å². The number of benzene rings is 1. The molecule has 1 aliphatic rings. The number of aryl methyl sites for hydroxylation is 2. The number of carbonyl (C=O) groups is 1. The van der Waals surface area contributed by atoms with E-state index in [0.29, 0.717) is 0 Å². The van der Waals surface area contributed by atoms with Crippen LogP contribution in [0.2, 0.25) is 0 Å². The molecule has 1 fully saturated rings. The van der Waals surface area contributed by atoms with E-state index in [1.165, 1.54) is 16.7 Å². The SMILES string of the molecule is Cc1cc(Br)cc(C)c1CN1CCCC(NC(=O)OC(C)(C)C)C1. The summed E-state index contributed by atoms with van der Waals surface area (Å²) in [5.41, 5.74) is 3.55. The molecule has 1 aliphatic heterocycles. The Kier molecular flexibility index (Phi) is 6.32. The first-order valence-corrected chi connectivity index (χ1v) is 9.41. The van der Waals surface area contributed by atoms with Gasteiger partial charge in [0.25, 0.3) is 0 Å². The number of nitrogens with zero attached hydrogens (tertiary/aromatic N) is 1. The molecule has 0 aromatic heterocycles. The van der Waals surface area contributed by atoms with Crippen LogP contribution in [0.25, 0.3) is 0 Å². The number of carbonyl (C=O) groups excluding carboxylic acids is 1. The van der Waals surface area contributed by atoms with Gasteiger partial charge in [0.2, 0.25) is 0 Å². The quantitative estimate of drug-likeness (QED) is 0.813. The number of alkyl carbamates (subject to hydrolysis) is 1. The normalized spacial score (nSPS) is 19.2. The van der Waals surface area contributed by atoms with E-state index in [1.807, 2.05) is 20.8 Å². The molecule has 0 aliphatic carbocycles. The summed E-state index contributed by atoms with van der Waals surface area (Å²) in [6.45, 7) is 12.9. The Labute approximate surface area is 154 Å². The molecule has 1 N–H and O–H groups in total. The Morgan fingerprint density at radius 3 is 2.54 bits per heavy atom. The van der Waals surface area contributed by atoms with E-state index in [4.69, 9.17) is 4.74 Å². The van der Waals surface area contributed by atoms with Crippen molar-refractivity contribution in [2.45, 2.75) is 65.6 Å². The van der Waals surface area contributed by atoms with Gasteiger partial charge in [-0.2, -0.15) is 0 Å². The first kappa shape index (κ1) is 19.3. The van der Waals surface area contributed by atoms with Crippen LogP contribution in [0.4, 0.5) is 4.79 Å². The molecule has 0 spiro atoms. The van der Waals surface area contributed by atoms with Crippen molar-refractivity contribution in [1.29, 1.82) is 0 Å². The Morgan fingerprint density at radius 1 is 1.33 bits per heavy atom. The van der Waals surface area contributed by atoms with E-state index in [-0.39, 0.29) is 12.1 Å². The number of likely N-dealkylation sites (tertiary alicyclic amines) is 1. The highest BCUT2D eigenvalue weighted by atomic mass is 79.9. The van der Waals surface area contributed by atoms with Gasteiger partial charge in [0.1, 0.15) is 5.60 Å². The van der Waals surface area contributed by atoms with Crippen LogP contribution < -0.4 is 5.32 Å². The predicted molar refractivity (Wildman–Crippen MR) is 101 cm³/mol. The van der Waals surface area contributed by atoms with Crippen LogP contribution in [0, 0.1) is 13.8 Å². The summed E-state index contributed by atoms with van der Waals surface area (Å²) in [6.07, 6.45) is 1.79. The molecular formula is C19H29BrN2O2. The third-order valence-electron chi connectivity index (χ3n) is 4.27. The van der Waals surface area contributed by atoms with Gasteiger partial charge in [-0.05, 0) is 82.8 Å². The van der Waals surface area contributed by atoms with Crippen LogP contribution in [-0.2, 0) is 11.3 Å². The molecule has 0 saturated carbocycles. The highest BCUT2D eigenvalue weighted by molar-refractivity contribution is 9.10. The van der Waals surface area contributed by atoms with E-state index < -0.39 is 5.60 Å². The highest BCUT2D eigenvalue weighted by Crippen LogP contribution is 2.23. The molecular weight excluding hydrogens is 368 g/mol. The lowest BCUT2D eigenvalue weighted by molar-refractivity contribution is 0.0470. The van der Waals surface area contributed by atoms with E-state index >= 15 is 0 Å². The minimum atomic E-state index is -0.454. The Bertz CT molecular complexity index is 573. The van der Waals surface area contributed by atoms with E-state index in [2.05, 4.69) is 52.1 Å². The van der Waals surface area contributed by atoms with Crippen LogP contribution in [0.3, 0.4) is 0 Å². The Morgan fingerprint density at radius 2 is 1.96 bits per heavy atom. The molecule has 1 heterocycles. The van der Waals surface area contributed by atoms with E-state index in [9.17, 15) is 4.79 Å². The fraction of sp³-hybridized carbons (Fsp3) is 0.632. The molecule has 1 atom stereocenters. The van der Waals surface area contributed by atoms with Crippen LogP contribution in [0.1, 0.15) is 50.3 Å². The standard InChI is InChI=1S/C19H29BrN2O2/c1-13-9-15(20)10-14(2)17(13)12-22-8-6-7-16(11-22)21-18(23)24-19(3,4)5/h9-10,16H,6-8,11-12H2,1-5H3,(H,21,23). The first-order chi connectivity index (χ1) is 11.1. The van der Waals surface area contributed by atoms with Crippen molar-refractivity contribution >= 4 is 22.0 Å². The fourth-order valence-electron chi connectivity index (χ4n) is 3.20. The number of hydrogen-bond acceptors (Lipinski definition) is 3. The molecule has 2 rings (SSSR count). The first-order valence-electron chi connectivity index (χ1n) is 8.61. The lowest BCUT2D eigenvalue weighted by Gasteiger charge is -2.34. The number of nitrogens with one attached hydrogen (secondary N) is 1. The largest absolute Gasteiger partial charge is 0.444 e. The molecule has 1 saturated heterocycles. The molecule has 1 amide bonds. The van der Waals surface area contributed by atoms with E-state index in [1.54, 1.807) is 0 Å². The van der Waals surface area contributed by atoms with Gasteiger partial charge in [-0.15, -0.1) is 0 Å². The summed E-state index contributed by atoms with van der Waals surface area (Å²) in [6, 6.07) is 4.50. The van der Waals surface area contributed by atoms with Gasteiger partial charge in [-0.3, -0.25) is 4.90 Å². The zero-order chi connectivity index (χ0) is 17.9. The molecule has 134 valence electrons. The predicted octanol–water partition coefficient (Wildman–Crippen LogP) is 4.56. The molecule has 4 nitrogen and oxygen atoms in total. The molecule has 5 heteroatoms. The van der Waals surface area contributed by atoms with Gasteiger partial charge < -0.3 is 10.1 Å². The average molecular weight is 397 g/mol. The molecule has 0 radical (unpaired) electrons. The smallest absolute Gasteiger partial charge is 0.407 e. The van der Waals surface area contributed by atoms with Crippen LogP contribution in [0.15, 0.2) is 16.6 Å². The average Bonchev–Trinajstić information content (AvgIpc) is 2.41. The third kappa shape index (κ3) is 5.78. The van der Waals surface area contributed by atoms with Gasteiger partial charge in [0.15, 0.2) is 0 Å². The van der Waals surface area contributed by atoms with Gasteiger partial charge >= 0.3 is 6.09 Å². The van der Waals surface area contributed by atoms with Crippen LogP contribution in [0.5, 0.6) is 0 Å². The third-order valence-corrected chi connectivity index (χ3v) is 4.73. The van der Waals surface area contributed by atoms with Crippen molar-refractivity contribution in [3.8, 4) is 0 Å². The van der Waals surface area contributed by atoms with Crippen LogP contribution in [-0.4, -0.2) is 35.7 Å². The minimum absolute atomic E-state index is 0.157. The fourth-order valence-corrected chi connectivity index (χ4v) is 3.89. The summed E-state index contributed by atoms with van der Waals surface area (Å²) in [5.74, 6) is 0. The second kappa shape index (κ2) is 7.87. The lowest BCUT2D eigenvalue weighted by atomic mass is 10.00. The summed E-state index contributed by atoms with van der Waals surface area (Å²) < 4.78 is 6.50. The van der Waals surface area contributed by atoms with Crippen molar-refractivity contribution in [3.05, 3.63) is 33.3 Å². The summed E-state index contributed by atoms with van der Waals surface area (Å²) in [7, 11) is 0. The van der Waals surface area contributed by atoms with Gasteiger partial charge in [-0.25, -0.2) is 4.79 Å². The second-order valence-electron chi connectivity index (χ2n) is 7.74. The zero-order valence-electron chi connectivity index (χ0n) is 15.4. The summed E-state index contributed by atoms with van der Waals surface area (Å²) >= 11 is 3.56. The van der Waals surface area contributed by atoms with Crippen molar-refractivity contribution < 1.29 is 9.53 Å². The number of ether oxygens (including phenoxy) is 1. The van der Waals surface area contributed by atoms with Gasteiger partial charge in [-0.1, -0.05) is 15.9 Å². The van der Waals surface area contributed by atoms with Crippen molar-refractivity contribution in [1.82, 2.24) is 10.2 Å².